The average molecular weight is 233 g/mol. The van der Waals surface area contributed by atoms with Crippen LogP contribution in [0, 0.1) is 0 Å². The van der Waals surface area contributed by atoms with Gasteiger partial charge in [0.1, 0.15) is 0 Å². The van der Waals surface area contributed by atoms with E-state index in [1.165, 1.54) is 6.92 Å². The van der Waals surface area contributed by atoms with Gasteiger partial charge in [0.2, 0.25) is 11.8 Å². The molecule has 0 rings (SSSR count). The molecular formula is C8H15N3O3S. The van der Waals surface area contributed by atoms with Crippen LogP contribution in [0.5, 0.6) is 0 Å². The second kappa shape index (κ2) is 8.25. The fraction of sp³-hybridized carbons (Fsp3) is 0.625. The molecule has 0 aliphatic heterocycles. The molecule has 0 unspecified atom stereocenters. The van der Waals surface area contributed by atoms with Crippen molar-refractivity contribution in [3.63, 3.8) is 0 Å². The van der Waals surface area contributed by atoms with Gasteiger partial charge in [-0.1, -0.05) is 11.8 Å². The van der Waals surface area contributed by atoms with Crippen LogP contribution in [0.25, 0.3) is 0 Å². The molecule has 0 bridgehead atoms. The van der Waals surface area contributed by atoms with Crippen molar-refractivity contribution in [3.8, 4) is 0 Å². The highest BCUT2D eigenvalue weighted by Crippen LogP contribution is 1.97. The quantitative estimate of drug-likeness (QED) is 0.482. The Labute approximate surface area is 92.3 Å². The van der Waals surface area contributed by atoms with E-state index in [2.05, 4.69) is 10.6 Å². The van der Waals surface area contributed by atoms with E-state index >= 15 is 0 Å². The number of nitrogens with one attached hydrogen (secondary N) is 2. The summed E-state index contributed by atoms with van der Waals surface area (Å²) in [6.45, 7) is 1.66. The first kappa shape index (κ1) is 13.9. The Kier molecular flexibility index (Phi) is 7.65. The van der Waals surface area contributed by atoms with Gasteiger partial charge in [0.25, 0.3) is 0 Å². The fourth-order valence-electron chi connectivity index (χ4n) is 0.699. The molecule has 7 heteroatoms. The number of hydrogen-bond donors (Lipinski definition) is 3. The van der Waals surface area contributed by atoms with Gasteiger partial charge in [-0.05, 0) is 0 Å². The summed E-state index contributed by atoms with van der Waals surface area (Å²) < 4.78 is 0. The molecule has 0 saturated carbocycles. The molecule has 4 N–H and O–H groups in total. The van der Waals surface area contributed by atoms with Gasteiger partial charge in [-0.2, -0.15) is 0 Å². The third-order valence-electron chi connectivity index (χ3n) is 1.36. The lowest BCUT2D eigenvalue weighted by Crippen LogP contribution is -2.40. The van der Waals surface area contributed by atoms with E-state index in [0.29, 0.717) is 12.3 Å². The minimum atomic E-state index is -0.372. The summed E-state index contributed by atoms with van der Waals surface area (Å²) in [4.78, 5) is 32.2. The number of amides is 2. The summed E-state index contributed by atoms with van der Waals surface area (Å²) in [6, 6.07) is 0. The topological polar surface area (TPSA) is 101 Å². The summed E-state index contributed by atoms with van der Waals surface area (Å²) in [6.07, 6.45) is 0. The summed E-state index contributed by atoms with van der Waals surface area (Å²) >= 11 is 1.14. The summed E-state index contributed by atoms with van der Waals surface area (Å²) in [5.41, 5.74) is 5.03. The lowest BCUT2D eigenvalue weighted by Gasteiger charge is -2.04. The van der Waals surface area contributed by atoms with Gasteiger partial charge < -0.3 is 16.4 Å². The molecule has 0 spiro atoms. The molecular weight excluding hydrogens is 218 g/mol. The van der Waals surface area contributed by atoms with E-state index in [-0.39, 0.29) is 30.0 Å². The number of carbonyl (C=O) groups excluding carboxylic acids is 3. The maximum Gasteiger partial charge on any atom is 0.239 e. The second-order valence-corrected chi connectivity index (χ2v) is 3.94. The predicted octanol–water partition coefficient (Wildman–Crippen LogP) is -1.54. The van der Waals surface area contributed by atoms with E-state index in [9.17, 15) is 14.4 Å². The van der Waals surface area contributed by atoms with Crippen LogP contribution in [0.3, 0.4) is 0 Å². The van der Waals surface area contributed by atoms with Crippen LogP contribution in [0.1, 0.15) is 6.92 Å². The molecule has 0 aliphatic rings. The molecule has 0 heterocycles. The fourth-order valence-corrected chi connectivity index (χ4v) is 1.19. The normalized spacial score (nSPS) is 9.47. The summed E-state index contributed by atoms with van der Waals surface area (Å²) in [5.74, 6) is -0.129. The molecule has 0 aromatic heterocycles. The molecule has 0 aliphatic carbocycles. The van der Waals surface area contributed by atoms with Crippen molar-refractivity contribution in [1.29, 1.82) is 0 Å². The van der Waals surface area contributed by atoms with Crippen molar-refractivity contribution in [2.45, 2.75) is 6.92 Å². The van der Waals surface area contributed by atoms with Crippen LogP contribution < -0.4 is 16.4 Å². The van der Waals surface area contributed by atoms with Crippen LogP contribution in [0.2, 0.25) is 0 Å². The largest absolute Gasteiger partial charge is 0.354 e. The minimum Gasteiger partial charge on any atom is -0.354 e. The average Bonchev–Trinajstić information content (AvgIpc) is 2.20. The number of thioether (sulfide) groups is 1. The number of rotatable bonds is 6. The van der Waals surface area contributed by atoms with Crippen molar-refractivity contribution in [2.75, 3.05) is 25.4 Å². The molecule has 0 saturated heterocycles. The van der Waals surface area contributed by atoms with E-state index in [1.807, 2.05) is 0 Å². The Hall–Kier alpha value is -1.08. The monoisotopic (exact) mass is 233 g/mol. The van der Waals surface area contributed by atoms with Crippen molar-refractivity contribution in [1.82, 2.24) is 10.6 Å². The lowest BCUT2D eigenvalue weighted by molar-refractivity contribution is -0.125. The Balaban J connectivity index is 3.41. The zero-order valence-corrected chi connectivity index (χ0v) is 9.36. The van der Waals surface area contributed by atoms with Gasteiger partial charge in [-0.25, -0.2) is 0 Å². The van der Waals surface area contributed by atoms with E-state index in [4.69, 9.17) is 5.73 Å². The molecule has 0 atom stereocenters. The van der Waals surface area contributed by atoms with Gasteiger partial charge in [-0.3, -0.25) is 14.4 Å². The molecule has 6 nitrogen and oxygen atoms in total. The van der Waals surface area contributed by atoms with Crippen LogP contribution >= 0.6 is 11.8 Å². The summed E-state index contributed by atoms with van der Waals surface area (Å²) in [5, 5.41) is 4.90. The minimum absolute atomic E-state index is 0.0145. The Morgan fingerprint density at radius 2 is 1.87 bits per heavy atom. The van der Waals surface area contributed by atoms with Crippen LogP contribution in [0.4, 0.5) is 0 Å². The molecule has 2 amide bonds. The van der Waals surface area contributed by atoms with Crippen molar-refractivity contribution < 1.29 is 14.4 Å². The first-order valence-electron chi connectivity index (χ1n) is 4.43. The van der Waals surface area contributed by atoms with Crippen molar-refractivity contribution in [3.05, 3.63) is 0 Å². The van der Waals surface area contributed by atoms with Gasteiger partial charge in [0, 0.05) is 19.2 Å². The Morgan fingerprint density at radius 3 is 2.40 bits per heavy atom. The molecule has 86 valence electrons. The van der Waals surface area contributed by atoms with Gasteiger partial charge in [-0.15, -0.1) is 0 Å². The predicted molar refractivity (Wildman–Crippen MR) is 58.2 cm³/mol. The van der Waals surface area contributed by atoms with Gasteiger partial charge >= 0.3 is 0 Å². The van der Waals surface area contributed by atoms with E-state index in [0.717, 1.165) is 11.8 Å². The maximum absolute atomic E-state index is 11.0. The van der Waals surface area contributed by atoms with Gasteiger partial charge in [0.15, 0.2) is 5.12 Å². The number of carbonyl (C=O) groups is 3. The van der Waals surface area contributed by atoms with E-state index in [1.54, 1.807) is 0 Å². The molecule has 0 fully saturated rings. The maximum atomic E-state index is 11.0. The summed E-state index contributed by atoms with van der Waals surface area (Å²) in [7, 11) is 0. The lowest BCUT2D eigenvalue weighted by atomic mass is 10.5. The standard InChI is InChI=1S/C8H15N3O3S/c1-6(12)15-3-2-10-8(14)5-11-7(13)4-9/h2-5,9H2,1H3,(H,10,14)(H,11,13). The Morgan fingerprint density at radius 1 is 1.20 bits per heavy atom. The zero-order valence-electron chi connectivity index (χ0n) is 8.54. The molecule has 15 heavy (non-hydrogen) atoms. The van der Waals surface area contributed by atoms with Crippen LogP contribution in [-0.4, -0.2) is 42.3 Å². The second-order valence-electron chi connectivity index (χ2n) is 2.67. The van der Waals surface area contributed by atoms with E-state index < -0.39 is 0 Å². The first-order valence-corrected chi connectivity index (χ1v) is 5.41. The number of hydrogen-bond acceptors (Lipinski definition) is 5. The highest BCUT2D eigenvalue weighted by atomic mass is 32.2. The molecule has 0 aromatic rings. The third-order valence-corrected chi connectivity index (χ3v) is 2.18. The number of nitrogens with two attached hydrogens (primary N) is 1. The Bertz CT molecular complexity index is 245. The third kappa shape index (κ3) is 9.23. The van der Waals surface area contributed by atoms with Crippen molar-refractivity contribution in [2.24, 2.45) is 5.73 Å². The highest BCUT2D eigenvalue weighted by molar-refractivity contribution is 8.13. The smallest absolute Gasteiger partial charge is 0.239 e. The zero-order chi connectivity index (χ0) is 11.7. The van der Waals surface area contributed by atoms with Crippen LogP contribution in [-0.2, 0) is 14.4 Å². The van der Waals surface area contributed by atoms with Crippen LogP contribution in [0.15, 0.2) is 0 Å². The van der Waals surface area contributed by atoms with Gasteiger partial charge in [0.05, 0.1) is 13.1 Å². The molecule has 0 aromatic carbocycles. The molecule has 0 radical (unpaired) electrons. The SMILES string of the molecule is CC(=O)SCCNC(=O)CNC(=O)CN. The first-order chi connectivity index (χ1) is 7.06. The van der Waals surface area contributed by atoms with Crippen molar-refractivity contribution >= 4 is 28.7 Å². The highest BCUT2D eigenvalue weighted by Gasteiger charge is 2.03.